The molecule has 1 amide bonds. The normalized spacial score (nSPS) is 13.0. The van der Waals surface area contributed by atoms with Gasteiger partial charge in [-0.2, -0.15) is 13.2 Å². The van der Waals surface area contributed by atoms with Crippen LogP contribution in [0.5, 0.6) is 0 Å². The van der Waals surface area contributed by atoms with Gasteiger partial charge in [-0.3, -0.25) is 4.79 Å². The molecule has 1 aromatic rings. The third-order valence-electron chi connectivity index (χ3n) is 2.64. The molecule has 0 atom stereocenters. The van der Waals surface area contributed by atoms with Crippen molar-refractivity contribution >= 4 is 15.9 Å². The molecule has 6 nitrogen and oxygen atoms in total. The summed E-state index contributed by atoms with van der Waals surface area (Å²) in [6, 6.07) is 3.26. The van der Waals surface area contributed by atoms with Crippen LogP contribution in [0.4, 0.5) is 13.2 Å². The van der Waals surface area contributed by atoms with E-state index in [9.17, 15) is 26.4 Å². The van der Waals surface area contributed by atoms with E-state index in [4.69, 9.17) is 5.73 Å². The fourth-order valence-corrected chi connectivity index (χ4v) is 2.50. The number of carbonyl (C=O) groups is 1. The molecular formula is C13H18F3N3O3S. The summed E-state index contributed by atoms with van der Waals surface area (Å²) in [5.74, 6) is -0.640. The van der Waals surface area contributed by atoms with Crippen LogP contribution in [0.3, 0.4) is 0 Å². The largest absolute Gasteiger partial charge is 0.416 e. The summed E-state index contributed by atoms with van der Waals surface area (Å²) < 4.78 is 63.6. The Balaban J connectivity index is 2.75. The molecule has 0 radical (unpaired) electrons. The lowest BCUT2D eigenvalue weighted by Gasteiger charge is -2.19. The number of alkyl halides is 3. The molecule has 0 saturated heterocycles. The van der Waals surface area contributed by atoms with E-state index >= 15 is 0 Å². The molecule has 0 unspecified atom stereocenters. The SMILES string of the molecule is CC(C)(N)CNC(=O)CNS(=O)(=O)c1cccc(C(F)(F)F)c1. The summed E-state index contributed by atoms with van der Waals surface area (Å²) in [5, 5.41) is 2.41. The molecule has 0 spiro atoms. The Bertz CT molecular complexity index is 667. The summed E-state index contributed by atoms with van der Waals surface area (Å²) >= 11 is 0. The lowest BCUT2D eigenvalue weighted by atomic mass is 10.1. The summed E-state index contributed by atoms with van der Waals surface area (Å²) in [4.78, 5) is 11.0. The lowest BCUT2D eigenvalue weighted by Crippen LogP contribution is -2.47. The van der Waals surface area contributed by atoms with Gasteiger partial charge in [0.25, 0.3) is 0 Å². The molecule has 4 N–H and O–H groups in total. The van der Waals surface area contributed by atoms with E-state index in [1.54, 1.807) is 13.8 Å². The lowest BCUT2D eigenvalue weighted by molar-refractivity contribution is -0.137. The van der Waals surface area contributed by atoms with Crippen molar-refractivity contribution in [1.82, 2.24) is 10.0 Å². The first-order valence-electron chi connectivity index (χ1n) is 6.54. The number of benzene rings is 1. The first-order valence-corrected chi connectivity index (χ1v) is 8.02. The van der Waals surface area contributed by atoms with Crippen LogP contribution in [-0.4, -0.2) is 33.0 Å². The third-order valence-corrected chi connectivity index (χ3v) is 4.03. The molecule has 10 heteroatoms. The summed E-state index contributed by atoms with van der Waals surface area (Å²) in [7, 11) is -4.23. The summed E-state index contributed by atoms with van der Waals surface area (Å²) in [6.45, 7) is 2.85. The van der Waals surface area contributed by atoms with Crippen LogP contribution in [0.25, 0.3) is 0 Å². The molecule has 0 saturated carbocycles. The molecule has 0 aromatic heterocycles. The van der Waals surface area contributed by atoms with Crippen molar-refractivity contribution in [2.45, 2.75) is 30.5 Å². The van der Waals surface area contributed by atoms with E-state index in [2.05, 4.69) is 5.32 Å². The monoisotopic (exact) mass is 353 g/mol. The molecule has 130 valence electrons. The smallest absolute Gasteiger partial charge is 0.353 e. The minimum Gasteiger partial charge on any atom is -0.353 e. The van der Waals surface area contributed by atoms with Gasteiger partial charge in [-0.1, -0.05) is 6.07 Å². The minimum absolute atomic E-state index is 0.122. The Labute approximate surface area is 132 Å². The van der Waals surface area contributed by atoms with E-state index in [1.165, 1.54) is 0 Å². The molecule has 0 aliphatic rings. The van der Waals surface area contributed by atoms with E-state index in [0.29, 0.717) is 6.07 Å². The van der Waals surface area contributed by atoms with Crippen molar-refractivity contribution < 1.29 is 26.4 Å². The average molecular weight is 353 g/mol. The molecule has 0 aliphatic heterocycles. The van der Waals surface area contributed by atoms with Crippen LogP contribution >= 0.6 is 0 Å². The number of nitrogens with two attached hydrogens (primary N) is 1. The van der Waals surface area contributed by atoms with Crippen molar-refractivity contribution in [3.05, 3.63) is 29.8 Å². The highest BCUT2D eigenvalue weighted by atomic mass is 32.2. The van der Waals surface area contributed by atoms with Gasteiger partial charge in [0.2, 0.25) is 15.9 Å². The maximum atomic E-state index is 12.6. The molecule has 23 heavy (non-hydrogen) atoms. The number of halogens is 3. The first-order chi connectivity index (χ1) is 10.3. The van der Waals surface area contributed by atoms with Gasteiger partial charge in [0.15, 0.2) is 0 Å². The van der Waals surface area contributed by atoms with Crippen molar-refractivity contribution in [2.24, 2.45) is 5.73 Å². The first kappa shape index (κ1) is 19.4. The van der Waals surface area contributed by atoms with E-state index in [0.717, 1.165) is 18.2 Å². The summed E-state index contributed by atoms with van der Waals surface area (Å²) in [6.07, 6.45) is -4.66. The number of carbonyl (C=O) groups excluding carboxylic acids is 1. The van der Waals surface area contributed by atoms with Crippen molar-refractivity contribution in [2.75, 3.05) is 13.1 Å². The molecule has 0 heterocycles. The Morgan fingerprint density at radius 3 is 2.39 bits per heavy atom. The van der Waals surface area contributed by atoms with Crippen LogP contribution in [0.15, 0.2) is 29.2 Å². The highest BCUT2D eigenvalue weighted by molar-refractivity contribution is 7.89. The van der Waals surface area contributed by atoms with Gasteiger partial charge in [-0.25, -0.2) is 13.1 Å². The Kier molecular flexibility index (Phi) is 5.78. The molecule has 0 bridgehead atoms. The van der Waals surface area contributed by atoms with Crippen LogP contribution < -0.4 is 15.8 Å². The second-order valence-electron chi connectivity index (χ2n) is 5.62. The molecule has 1 rings (SSSR count). The van der Waals surface area contributed by atoms with Gasteiger partial charge in [0.1, 0.15) is 0 Å². The van der Waals surface area contributed by atoms with E-state index in [-0.39, 0.29) is 6.54 Å². The van der Waals surface area contributed by atoms with Crippen LogP contribution in [0, 0.1) is 0 Å². The zero-order chi connectivity index (χ0) is 17.9. The Hall–Kier alpha value is -1.65. The molecule has 0 aliphatic carbocycles. The minimum atomic E-state index is -4.66. The van der Waals surface area contributed by atoms with Crippen molar-refractivity contribution in [1.29, 1.82) is 0 Å². The fourth-order valence-electron chi connectivity index (χ4n) is 1.47. The van der Waals surface area contributed by atoms with E-state index in [1.807, 2.05) is 4.72 Å². The number of amides is 1. The second-order valence-corrected chi connectivity index (χ2v) is 7.38. The zero-order valence-corrected chi connectivity index (χ0v) is 13.4. The molecular weight excluding hydrogens is 335 g/mol. The van der Waals surface area contributed by atoms with Gasteiger partial charge >= 0.3 is 6.18 Å². The second kappa shape index (κ2) is 6.85. The highest BCUT2D eigenvalue weighted by Gasteiger charge is 2.31. The quantitative estimate of drug-likeness (QED) is 0.705. The predicted octanol–water partition coefficient (Wildman–Crippen LogP) is 0.837. The zero-order valence-electron chi connectivity index (χ0n) is 12.6. The number of nitrogens with one attached hydrogen (secondary N) is 2. The number of hydrogen-bond acceptors (Lipinski definition) is 4. The average Bonchev–Trinajstić information content (AvgIpc) is 2.41. The van der Waals surface area contributed by atoms with E-state index < -0.39 is 44.6 Å². The summed E-state index contributed by atoms with van der Waals surface area (Å²) in [5.41, 5.74) is 3.89. The predicted molar refractivity (Wildman–Crippen MR) is 77.9 cm³/mol. The molecule has 0 fully saturated rings. The Morgan fingerprint density at radius 1 is 1.26 bits per heavy atom. The maximum Gasteiger partial charge on any atom is 0.416 e. The third kappa shape index (κ3) is 6.55. The van der Waals surface area contributed by atoms with Gasteiger partial charge in [0.05, 0.1) is 17.0 Å². The van der Waals surface area contributed by atoms with Crippen LogP contribution in [0.1, 0.15) is 19.4 Å². The van der Waals surface area contributed by atoms with Crippen molar-refractivity contribution in [3.63, 3.8) is 0 Å². The van der Waals surface area contributed by atoms with Crippen LogP contribution in [0.2, 0.25) is 0 Å². The van der Waals surface area contributed by atoms with Crippen LogP contribution in [-0.2, 0) is 21.0 Å². The van der Waals surface area contributed by atoms with Crippen molar-refractivity contribution in [3.8, 4) is 0 Å². The number of sulfonamides is 1. The van der Waals surface area contributed by atoms with Gasteiger partial charge in [-0.15, -0.1) is 0 Å². The molecule has 1 aromatic carbocycles. The number of hydrogen-bond donors (Lipinski definition) is 3. The standard InChI is InChI=1S/C13H18F3N3O3S/c1-12(2,17)8-18-11(20)7-19-23(21,22)10-5-3-4-9(6-10)13(14,15)16/h3-6,19H,7-8,17H2,1-2H3,(H,18,20). The Morgan fingerprint density at radius 2 is 1.87 bits per heavy atom. The van der Waals surface area contributed by atoms with Gasteiger partial charge in [-0.05, 0) is 32.0 Å². The fraction of sp³-hybridized carbons (Fsp3) is 0.462. The topological polar surface area (TPSA) is 101 Å². The van der Waals surface area contributed by atoms with Gasteiger partial charge < -0.3 is 11.1 Å². The highest BCUT2D eigenvalue weighted by Crippen LogP contribution is 2.30. The maximum absolute atomic E-state index is 12.6. The van der Waals surface area contributed by atoms with Gasteiger partial charge in [0, 0.05) is 12.1 Å². The number of rotatable bonds is 6.